The van der Waals surface area contributed by atoms with Crippen molar-refractivity contribution in [3.8, 4) is 0 Å². The molecule has 3 nitrogen and oxygen atoms in total. The Morgan fingerprint density at radius 3 is 2.61 bits per heavy atom. The van der Waals surface area contributed by atoms with Crippen LogP contribution in [-0.4, -0.2) is 19.1 Å². The molecule has 168 valence electrons. The van der Waals surface area contributed by atoms with E-state index in [4.69, 9.17) is 27.9 Å². The number of hydrogen-bond donors (Lipinski definition) is 1. The van der Waals surface area contributed by atoms with E-state index in [1.165, 1.54) is 11.1 Å². The van der Waals surface area contributed by atoms with Crippen molar-refractivity contribution in [3.05, 3.63) is 105 Å². The zero-order valence-electron chi connectivity index (χ0n) is 18.2. The molecule has 3 aromatic rings. The van der Waals surface area contributed by atoms with Crippen LogP contribution in [0.2, 0.25) is 10.0 Å². The molecule has 1 saturated heterocycles. The number of esters is 1. The maximum absolute atomic E-state index is 14.0. The van der Waals surface area contributed by atoms with Crippen molar-refractivity contribution in [2.45, 2.75) is 30.8 Å². The molecule has 4 aliphatic rings. The van der Waals surface area contributed by atoms with Gasteiger partial charge in [0.15, 0.2) is 0 Å². The summed E-state index contributed by atoms with van der Waals surface area (Å²) in [4.78, 5) is 14.0. The summed E-state index contributed by atoms with van der Waals surface area (Å²) in [5.41, 5.74) is 3.82. The Kier molecular flexibility index (Phi) is 5.06. The number of carbonyl (C=O) groups excluding carboxylic acids is 1. The second-order valence-electron chi connectivity index (χ2n) is 9.56. The summed E-state index contributed by atoms with van der Waals surface area (Å²) in [5.74, 6) is 0.130. The van der Waals surface area contributed by atoms with E-state index in [1.807, 2.05) is 42.5 Å². The molecule has 33 heavy (non-hydrogen) atoms. The van der Waals surface area contributed by atoms with Crippen molar-refractivity contribution in [1.82, 2.24) is 5.32 Å². The molecule has 1 saturated carbocycles. The molecule has 2 fully saturated rings. The van der Waals surface area contributed by atoms with Gasteiger partial charge in [-0.05, 0) is 47.2 Å². The maximum Gasteiger partial charge on any atom is 0.314 e. The average Bonchev–Trinajstić information content (AvgIpc) is 3.33. The predicted molar refractivity (Wildman–Crippen MR) is 131 cm³/mol. The summed E-state index contributed by atoms with van der Waals surface area (Å²) in [5, 5.41) is 4.68. The minimum absolute atomic E-state index is 0.0826. The van der Waals surface area contributed by atoms with E-state index in [-0.39, 0.29) is 23.2 Å². The summed E-state index contributed by atoms with van der Waals surface area (Å²) in [6, 6.07) is 24.5. The second kappa shape index (κ2) is 7.87. The number of halogens is 2. The van der Waals surface area contributed by atoms with Crippen LogP contribution in [0.5, 0.6) is 0 Å². The van der Waals surface area contributed by atoms with Gasteiger partial charge in [0.25, 0.3) is 0 Å². The molecule has 4 unspecified atom stereocenters. The van der Waals surface area contributed by atoms with Gasteiger partial charge in [0, 0.05) is 30.3 Å². The molecule has 1 aliphatic heterocycles. The lowest BCUT2D eigenvalue weighted by molar-refractivity contribution is -0.166. The monoisotopic (exact) mass is 477 g/mol. The van der Waals surface area contributed by atoms with Gasteiger partial charge >= 0.3 is 5.97 Å². The van der Waals surface area contributed by atoms with Crippen LogP contribution in [0, 0.1) is 11.3 Å². The van der Waals surface area contributed by atoms with E-state index in [0.717, 1.165) is 30.5 Å². The summed E-state index contributed by atoms with van der Waals surface area (Å²) in [6.07, 6.45) is 1.92. The molecule has 4 atom stereocenters. The number of fused-ring (bicyclic) bond motifs is 1. The third-order valence-corrected chi connectivity index (χ3v) is 9.02. The molecule has 1 heterocycles. The molecular formula is C28H25Cl2NO2. The fraction of sp³-hybridized carbons (Fsp3) is 0.321. The van der Waals surface area contributed by atoms with Crippen molar-refractivity contribution in [3.63, 3.8) is 0 Å². The van der Waals surface area contributed by atoms with Gasteiger partial charge in [0.05, 0.1) is 15.5 Å². The van der Waals surface area contributed by atoms with Gasteiger partial charge in [0.2, 0.25) is 0 Å². The van der Waals surface area contributed by atoms with Crippen LogP contribution in [0.25, 0.3) is 0 Å². The number of nitrogens with one attached hydrogen (secondary N) is 1. The lowest BCUT2D eigenvalue weighted by Gasteiger charge is -2.59. The molecule has 0 aromatic heterocycles. The summed E-state index contributed by atoms with van der Waals surface area (Å²) in [6.45, 7) is 1.70. The molecule has 1 N–H and O–H groups in total. The normalized spacial score (nSPS) is 29.4. The van der Waals surface area contributed by atoms with Crippen LogP contribution in [0.3, 0.4) is 0 Å². The highest BCUT2D eigenvalue weighted by molar-refractivity contribution is 6.42. The quantitative estimate of drug-likeness (QED) is 0.460. The van der Waals surface area contributed by atoms with Crippen LogP contribution in [0.15, 0.2) is 72.8 Å². The largest absolute Gasteiger partial charge is 0.460 e. The van der Waals surface area contributed by atoms with Gasteiger partial charge in [-0.3, -0.25) is 4.79 Å². The van der Waals surface area contributed by atoms with Crippen molar-refractivity contribution >= 4 is 29.2 Å². The van der Waals surface area contributed by atoms with Crippen molar-refractivity contribution in [2.24, 2.45) is 11.3 Å². The Labute approximate surface area is 204 Å². The molecule has 3 aromatic carbocycles. The third-order valence-electron chi connectivity index (χ3n) is 8.28. The Hall–Kier alpha value is -2.33. The van der Waals surface area contributed by atoms with E-state index in [9.17, 15) is 4.79 Å². The second-order valence-corrected chi connectivity index (χ2v) is 10.4. The van der Waals surface area contributed by atoms with E-state index in [1.54, 1.807) is 0 Å². The zero-order valence-corrected chi connectivity index (χ0v) is 19.7. The fourth-order valence-electron chi connectivity index (χ4n) is 6.96. The first kappa shape index (κ1) is 21.2. The average molecular weight is 478 g/mol. The van der Waals surface area contributed by atoms with E-state index >= 15 is 0 Å². The number of hydrogen-bond acceptors (Lipinski definition) is 3. The van der Waals surface area contributed by atoms with Gasteiger partial charge in [-0.15, -0.1) is 0 Å². The highest BCUT2D eigenvalue weighted by Gasteiger charge is 2.69. The first-order chi connectivity index (χ1) is 16.1. The lowest BCUT2D eigenvalue weighted by atomic mass is 9.42. The molecule has 3 aliphatic carbocycles. The van der Waals surface area contributed by atoms with Gasteiger partial charge in [0.1, 0.15) is 6.61 Å². The Morgan fingerprint density at radius 1 is 1.00 bits per heavy atom. The molecular weight excluding hydrogens is 453 g/mol. The van der Waals surface area contributed by atoms with Crippen LogP contribution in [0.1, 0.15) is 41.0 Å². The summed E-state index contributed by atoms with van der Waals surface area (Å²) < 4.78 is 6.04. The molecule has 5 heteroatoms. The van der Waals surface area contributed by atoms with Crippen LogP contribution in [0.4, 0.5) is 0 Å². The van der Waals surface area contributed by atoms with E-state index in [0.29, 0.717) is 23.2 Å². The summed E-state index contributed by atoms with van der Waals surface area (Å²) in [7, 11) is 0. The SMILES string of the molecule is O=C(OCc1ccccc1)C12CNCC1C1(c3ccc(Cl)c(Cl)c3)CCC2c2ccccc21. The number of carbonyl (C=O) groups is 1. The Bertz CT molecular complexity index is 1230. The van der Waals surface area contributed by atoms with E-state index < -0.39 is 5.41 Å². The first-order valence-corrected chi connectivity index (χ1v) is 12.3. The minimum Gasteiger partial charge on any atom is -0.460 e. The zero-order chi connectivity index (χ0) is 22.6. The fourth-order valence-corrected chi connectivity index (χ4v) is 7.26. The Morgan fingerprint density at radius 2 is 1.79 bits per heavy atom. The van der Waals surface area contributed by atoms with Crippen molar-refractivity contribution in [2.75, 3.05) is 13.1 Å². The topological polar surface area (TPSA) is 38.3 Å². The van der Waals surface area contributed by atoms with Crippen LogP contribution >= 0.6 is 23.2 Å². The van der Waals surface area contributed by atoms with Gasteiger partial charge < -0.3 is 10.1 Å². The molecule has 7 rings (SSSR count). The standard InChI is InChI=1S/C28H25Cl2NO2/c29-23-11-10-19(14-24(23)30)27-13-12-22(20-8-4-5-9-21(20)27)28(17-31-15-25(27)28)26(32)33-16-18-6-2-1-3-7-18/h1-11,14,22,25,31H,12-13,15-17H2. The highest BCUT2D eigenvalue weighted by Crippen LogP contribution is 2.68. The molecule has 2 bridgehead atoms. The summed E-state index contributed by atoms with van der Waals surface area (Å²) >= 11 is 12.8. The molecule has 0 amide bonds. The highest BCUT2D eigenvalue weighted by atomic mass is 35.5. The maximum atomic E-state index is 14.0. The molecule has 0 radical (unpaired) electrons. The smallest absolute Gasteiger partial charge is 0.314 e. The third kappa shape index (κ3) is 2.96. The number of rotatable bonds is 4. The number of benzene rings is 3. The van der Waals surface area contributed by atoms with E-state index in [2.05, 4.69) is 35.6 Å². The van der Waals surface area contributed by atoms with Crippen LogP contribution < -0.4 is 5.32 Å². The van der Waals surface area contributed by atoms with Crippen molar-refractivity contribution in [1.29, 1.82) is 0 Å². The van der Waals surface area contributed by atoms with Gasteiger partial charge in [-0.25, -0.2) is 0 Å². The first-order valence-electron chi connectivity index (χ1n) is 11.5. The van der Waals surface area contributed by atoms with Gasteiger partial charge in [-0.1, -0.05) is 83.9 Å². The number of ether oxygens (including phenoxy) is 1. The Balaban J connectivity index is 1.49. The molecule has 0 spiro atoms. The van der Waals surface area contributed by atoms with Crippen LogP contribution in [-0.2, 0) is 21.6 Å². The van der Waals surface area contributed by atoms with Crippen molar-refractivity contribution < 1.29 is 9.53 Å². The lowest BCUT2D eigenvalue weighted by Crippen LogP contribution is -2.60. The predicted octanol–water partition coefficient (Wildman–Crippen LogP) is 6.12. The minimum atomic E-state index is -0.604. The van der Waals surface area contributed by atoms with Gasteiger partial charge in [-0.2, -0.15) is 0 Å².